The highest BCUT2D eigenvalue weighted by molar-refractivity contribution is 5.98. The van der Waals surface area contributed by atoms with E-state index in [1.54, 1.807) is 19.1 Å². The topological polar surface area (TPSA) is 59.1 Å². The molecule has 4 nitrogen and oxygen atoms in total. The molecule has 116 valence electrons. The molecule has 0 saturated carbocycles. The van der Waals surface area contributed by atoms with Crippen LogP contribution < -0.4 is 5.32 Å². The Hall–Kier alpha value is -2.23. The highest BCUT2D eigenvalue weighted by Crippen LogP contribution is 2.18. The van der Waals surface area contributed by atoms with Crippen molar-refractivity contribution in [3.05, 3.63) is 35.9 Å². The van der Waals surface area contributed by atoms with Crippen LogP contribution in [-0.4, -0.2) is 16.7 Å². The molecule has 1 atom stereocenters. The van der Waals surface area contributed by atoms with Crippen LogP contribution in [0.15, 0.2) is 30.3 Å². The first kappa shape index (κ1) is 16.1. The monoisotopic (exact) mass is 298 g/mol. The maximum atomic E-state index is 12.1. The van der Waals surface area contributed by atoms with Crippen molar-refractivity contribution in [2.45, 2.75) is 40.0 Å². The fraction of sp³-hybridized carbons (Fsp3) is 0.389. The molecule has 2 aromatic rings. The lowest BCUT2D eigenvalue weighted by Crippen LogP contribution is -2.20. The number of fused-ring (bicyclic) bond motifs is 1. The first-order valence-electron chi connectivity index (χ1n) is 7.74. The van der Waals surface area contributed by atoms with Crippen molar-refractivity contribution in [2.24, 2.45) is 5.92 Å². The minimum atomic E-state index is -0.0162. The maximum absolute atomic E-state index is 12.1. The van der Waals surface area contributed by atoms with Gasteiger partial charge in [0.05, 0.1) is 5.52 Å². The number of hydrogen-bond donors (Lipinski definition) is 1. The van der Waals surface area contributed by atoms with E-state index in [2.05, 4.69) is 17.2 Å². The van der Waals surface area contributed by atoms with Crippen molar-refractivity contribution in [3.8, 4) is 0 Å². The number of nitrogens with zero attached hydrogens (tertiary/aromatic N) is 1. The van der Waals surface area contributed by atoms with Crippen LogP contribution in [0.1, 0.15) is 50.4 Å². The van der Waals surface area contributed by atoms with Crippen molar-refractivity contribution >= 4 is 28.4 Å². The predicted octanol–water partition coefficient (Wildman–Crippen LogP) is 4.20. The van der Waals surface area contributed by atoms with E-state index in [1.165, 1.54) is 0 Å². The third-order valence-electron chi connectivity index (χ3n) is 3.79. The molecule has 1 aromatic carbocycles. The van der Waals surface area contributed by atoms with Crippen LogP contribution in [0, 0.1) is 5.92 Å². The molecule has 4 heteroatoms. The van der Waals surface area contributed by atoms with Crippen LogP contribution in [-0.2, 0) is 4.79 Å². The maximum Gasteiger partial charge on any atom is 0.228 e. The third kappa shape index (κ3) is 3.91. The molecule has 0 radical (unpaired) electrons. The summed E-state index contributed by atoms with van der Waals surface area (Å²) in [7, 11) is 0. The van der Waals surface area contributed by atoms with Gasteiger partial charge in [0, 0.05) is 16.9 Å². The smallest absolute Gasteiger partial charge is 0.228 e. The first-order valence-corrected chi connectivity index (χ1v) is 7.74. The van der Waals surface area contributed by atoms with Crippen LogP contribution in [0.4, 0.5) is 5.82 Å². The number of carbonyl (C=O) groups excluding carboxylic acids is 2. The predicted molar refractivity (Wildman–Crippen MR) is 89.1 cm³/mol. The first-order chi connectivity index (χ1) is 10.5. The van der Waals surface area contributed by atoms with Gasteiger partial charge in [0.1, 0.15) is 5.82 Å². The Balaban J connectivity index is 2.14. The molecule has 1 aromatic heterocycles. The number of nitrogens with one attached hydrogen (secondary N) is 1. The Labute approximate surface area is 130 Å². The molecule has 0 aliphatic heterocycles. The van der Waals surface area contributed by atoms with Crippen molar-refractivity contribution in [3.63, 3.8) is 0 Å². The van der Waals surface area contributed by atoms with Gasteiger partial charge in [-0.3, -0.25) is 9.59 Å². The molecular formula is C18H22N2O2. The summed E-state index contributed by atoms with van der Waals surface area (Å²) >= 11 is 0. The summed E-state index contributed by atoms with van der Waals surface area (Å²) < 4.78 is 0. The Morgan fingerprint density at radius 2 is 2.00 bits per heavy atom. The van der Waals surface area contributed by atoms with Gasteiger partial charge in [0.15, 0.2) is 5.78 Å². The zero-order valence-electron chi connectivity index (χ0n) is 13.3. The molecule has 0 unspecified atom stereocenters. The van der Waals surface area contributed by atoms with Crippen molar-refractivity contribution < 1.29 is 9.59 Å². The van der Waals surface area contributed by atoms with Gasteiger partial charge in [0.2, 0.25) is 5.91 Å². The highest BCUT2D eigenvalue weighted by atomic mass is 16.2. The number of carbonyl (C=O) groups is 2. The van der Waals surface area contributed by atoms with Crippen molar-refractivity contribution in [1.82, 2.24) is 4.98 Å². The summed E-state index contributed by atoms with van der Waals surface area (Å²) in [6, 6.07) is 9.04. The van der Waals surface area contributed by atoms with E-state index in [1.807, 2.05) is 25.1 Å². The fourth-order valence-electron chi connectivity index (χ4n) is 2.31. The van der Waals surface area contributed by atoms with Gasteiger partial charge < -0.3 is 5.32 Å². The quantitative estimate of drug-likeness (QED) is 0.813. The largest absolute Gasteiger partial charge is 0.310 e. The molecule has 0 fully saturated rings. The molecule has 1 heterocycles. The van der Waals surface area contributed by atoms with Crippen LogP contribution in [0.3, 0.4) is 0 Å². The average molecular weight is 298 g/mol. The minimum absolute atomic E-state index is 0.000608. The zero-order chi connectivity index (χ0) is 16.1. The molecule has 2 rings (SSSR count). The second-order valence-electron chi connectivity index (χ2n) is 5.69. The number of ketones is 1. The number of unbranched alkanes of at least 4 members (excludes halogenated alkanes) is 1. The number of amides is 1. The van der Waals surface area contributed by atoms with E-state index >= 15 is 0 Å². The lowest BCUT2D eigenvalue weighted by molar-refractivity contribution is -0.119. The van der Waals surface area contributed by atoms with E-state index in [9.17, 15) is 9.59 Å². The Morgan fingerprint density at radius 1 is 1.23 bits per heavy atom. The molecule has 0 aliphatic carbocycles. The average Bonchev–Trinajstić information content (AvgIpc) is 2.51. The van der Waals surface area contributed by atoms with E-state index < -0.39 is 0 Å². The van der Waals surface area contributed by atoms with Gasteiger partial charge in [-0.1, -0.05) is 26.7 Å². The summed E-state index contributed by atoms with van der Waals surface area (Å²) in [6.07, 6.45) is 3.02. The summed E-state index contributed by atoms with van der Waals surface area (Å²) in [5, 5.41) is 3.76. The molecule has 1 amide bonds. The molecule has 0 spiro atoms. The van der Waals surface area contributed by atoms with Crippen LogP contribution in [0.5, 0.6) is 0 Å². The lowest BCUT2D eigenvalue weighted by atomic mass is 10.0. The van der Waals surface area contributed by atoms with Gasteiger partial charge in [-0.25, -0.2) is 4.98 Å². The number of aromatic nitrogens is 1. The number of pyridine rings is 1. The molecule has 0 saturated heterocycles. The minimum Gasteiger partial charge on any atom is -0.310 e. The SMILES string of the molecule is CCCC[C@H](C)C(=O)Nc1ccc2cc(C(C)=O)ccc2n1. The Morgan fingerprint density at radius 3 is 2.68 bits per heavy atom. The van der Waals surface area contributed by atoms with E-state index in [0.717, 1.165) is 30.2 Å². The summed E-state index contributed by atoms with van der Waals surface area (Å²) in [5.41, 5.74) is 1.43. The standard InChI is InChI=1S/C18H22N2O2/c1-4-5-6-12(2)18(22)20-17-10-8-15-11-14(13(3)21)7-9-16(15)19-17/h7-12H,4-6H2,1-3H3,(H,19,20,22)/t12-/m0/s1. The summed E-state index contributed by atoms with van der Waals surface area (Å²) in [5.74, 6) is 0.568. The van der Waals surface area contributed by atoms with Gasteiger partial charge in [-0.05, 0) is 43.7 Å². The third-order valence-corrected chi connectivity index (χ3v) is 3.79. The fourth-order valence-corrected chi connectivity index (χ4v) is 2.31. The molecule has 1 N–H and O–H groups in total. The molecule has 0 bridgehead atoms. The molecule has 22 heavy (non-hydrogen) atoms. The Kier molecular flexibility index (Phi) is 5.26. The summed E-state index contributed by atoms with van der Waals surface area (Å²) in [6.45, 7) is 5.59. The lowest BCUT2D eigenvalue weighted by Gasteiger charge is -2.11. The number of benzene rings is 1. The van der Waals surface area contributed by atoms with Gasteiger partial charge in [-0.15, -0.1) is 0 Å². The van der Waals surface area contributed by atoms with E-state index in [0.29, 0.717) is 11.4 Å². The van der Waals surface area contributed by atoms with E-state index in [4.69, 9.17) is 0 Å². The van der Waals surface area contributed by atoms with Crippen LogP contribution in [0.25, 0.3) is 10.9 Å². The normalized spacial score (nSPS) is 12.1. The van der Waals surface area contributed by atoms with Crippen LogP contribution >= 0.6 is 0 Å². The highest BCUT2D eigenvalue weighted by Gasteiger charge is 2.13. The number of anilines is 1. The van der Waals surface area contributed by atoms with Crippen LogP contribution in [0.2, 0.25) is 0 Å². The number of Topliss-reactive ketones (excluding diaryl/α,β-unsaturated/α-hetero) is 1. The Bertz CT molecular complexity index is 695. The molecular weight excluding hydrogens is 276 g/mol. The number of rotatable bonds is 6. The second-order valence-corrected chi connectivity index (χ2v) is 5.69. The van der Waals surface area contributed by atoms with E-state index in [-0.39, 0.29) is 17.6 Å². The van der Waals surface area contributed by atoms with Gasteiger partial charge in [-0.2, -0.15) is 0 Å². The van der Waals surface area contributed by atoms with Gasteiger partial charge >= 0.3 is 0 Å². The van der Waals surface area contributed by atoms with Crippen molar-refractivity contribution in [1.29, 1.82) is 0 Å². The number of hydrogen-bond acceptors (Lipinski definition) is 3. The summed E-state index contributed by atoms with van der Waals surface area (Å²) in [4.78, 5) is 27.9. The van der Waals surface area contributed by atoms with Gasteiger partial charge in [0.25, 0.3) is 0 Å². The zero-order valence-corrected chi connectivity index (χ0v) is 13.3. The van der Waals surface area contributed by atoms with Crippen molar-refractivity contribution in [2.75, 3.05) is 5.32 Å². The molecule has 0 aliphatic rings. The second kappa shape index (κ2) is 7.16.